The number of esters is 1. The molecule has 8 nitrogen and oxygen atoms in total. The van der Waals surface area contributed by atoms with Crippen LogP contribution in [0.15, 0.2) is 59.2 Å². The molecule has 10 heteroatoms. The van der Waals surface area contributed by atoms with Gasteiger partial charge in [-0.2, -0.15) is 0 Å². The van der Waals surface area contributed by atoms with Crippen molar-refractivity contribution in [2.75, 3.05) is 11.9 Å². The second-order valence-electron chi connectivity index (χ2n) is 6.78. The fraction of sp³-hybridized carbons (Fsp3) is 0.0909. The first-order chi connectivity index (χ1) is 15.3. The molecule has 0 fully saturated rings. The summed E-state index contributed by atoms with van der Waals surface area (Å²) >= 11 is 5.65. The number of halogens is 2. The predicted octanol–water partition coefficient (Wildman–Crippen LogP) is 3.66. The van der Waals surface area contributed by atoms with E-state index in [0.717, 1.165) is 11.0 Å². The van der Waals surface area contributed by atoms with E-state index >= 15 is 0 Å². The first kappa shape index (κ1) is 21.3. The van der Waals surface area contributed by atoms with Gasteiger partial charge < -0.3 is 14.5 Å². The van der Waals surface area contributed by atoms with Crippen LogP contribution in [-0.4, -0.2) is 35.2 Å². The summed E-state index contributed by atoms with van der Waals surface area (Å²) < 4.78 is 23.9. The maximum absolute atomic E-state index is 13.7. The molecule has 1 N–H and O–H groups in total. The molecule has 0 radical (unpaired) electrons. The number of carbonyl (C=O) groups is 4. The van der Waals surface area contributed by atoms with E-state index in [9.17, 15) is 23.6 Å². The Morgan fingerprint density at radius 1 is 1.06 bits per heavy atom. The van der Waals surface area contributed by atoms with Crippen molar-refractivity contribution >= 4 is 41.0 Å². The molecule has 3 aromatic rings. The van der Waals surface area contributed by atoms with Crippen LogP contribution in [0.2, 0.25) is 5.02 Å². The molecule has 0 bridgehead atoms. The van der Waals surface area contributed by atoms with Gasteiger partial charge in [-0.15, -0.1) is 0 Å². The lowest BCUT2D eigenvalue weighted by Crippen LogP contribution is -2.28. The van der Waals surface area contributed by atoms with Crippen molar-refractivity contribution in [3.8, 4) is 0 Å². The monoisotopic (exact) mass is 456 g/mol. The summed E-state index contributed by atoms with van der Waals surface area (Å²) in [6, 6.07) is 10.9. The van der Waals surface area contributed by atoms with E-state index in [2.05, 4.69) is 5.32 Å². The van der Waals surface area contributed by atoms with Crippen LogP contribution in [0, 0.1) is 5.82 Å². The number of rotatable bonds is 6. The number of furan rings is 1. The minimum atomic E-state index is -0.885. The number of nitrogens with one attached hydrogen (secondary N) is 1. The molecule has 0 spiro atoms. The number of anilines is 1. The molecule has 162 valence electrons. The Morgan fingerprint density at radius 3 is 2.56 bits per heavy atom. The van der Waals surface area contributed by atoms with Gasteiger partial charge in [-0.1, -0.05) is 11.6 Å². The smallest absolute Gasteiger partial charge is 0.338 e. The third-order valence-electron chi connectivity index (χ3n) is 4.64. The lowest BCUT2D eigenvalue weighted by atomic mass is 10.1. The predicted molar refractivity (Wildman–Crippen MR) is 110 cm³/mol. The van der Waals surface area contributed by atoms with Crippen molar-refractivity contribution in [3.63, 3.8) is 0 Å². The van der Waals surface area contributed by atoms with Crippen LogP contribution >= 0.6 is 11.6 Å². The Hall–Kier alpha value is -3.98. The molecular formula is C22H14ClFN2O6. The van der Waals surface area contributed by atoms with Gasteiger partial charge in [0.2, 0.25) is 0 Å². The van der Waals surface area contributed by atoms with E-state index in [0.29, 0.717) is 5.76 Å². The van der Waals surface area contributed by atoms with Crippen LogP contribution in [0.1, 0.15) is 36.8 Å². The van der Waals surface area contributed by atoms with Gasteiger partial charge in [-0.05, 0) is 48.5 Å². The SMILES string of the molecule is O=C(COC(=O)c1ccc2c(c1)C(=O)N(Cc1ccco1)C2=O)Nc1ccc(Cl)cc1F. The molecule has 3 amide bonds. The van der Waals surface area contributed by atoms with Crippen molar-refractivity contribution in [2.45, 2.75) is 6.54 Å². The fourth-order valence-electron chi connectivity index (χ4n) is 3.11. The Kier molecular flexibility index (Phi) is 5.74. The molecule has 2 aromatic carbocycles. The topological polar surface area (TPSA) is 106 Å². The minimum Gasteiger partial charge on any atom is -0.467 e. The lowest BCUT2D eigenvalue weighted by Gasteiger charge is -2.11. The molecular weight excluding hydrogens is 443 g/mol. The second-order valence-corrected chi connectivity index (χ2v) is 7.22. The van der Waals surface area contributed by atoms with Crippen molar-refractivity contribution in [2.24, 2.45) is 0 Å². The van der Waals surface area contributed by atoms with Crippen LogP contribution < -0.4 is 5.32 Å². The van der Waals surface area contributed by atoms with Gasteiger partial charge in [0.05, 0.1) is 35.2 Å². The van der Waals surface area contributed by atoms with Crippen LogP contribution in [0.25, 0.3) is 0 Å². The highest BCUT2D eigenvalue weighted by atomic mass is 35.5. The quantitative estimate of drug-likeness (QED) is 0.448. The zero-order valence-corrected chi connectivity index (χ0v) is 17.0. The normalized spacial score (nSPS) is 12.6. The average Bonchev–Trinajstić information content (AvgIpc) is 3.37. The molecule has 1 aliphatic rings. The molecule has 0 saturated heterocycles. The van der Waals surface area contributed by atoms with Crippen molar-refractivity contribution in [1.82, 2.24) is 4.90 Å². The number of amides is 3. The summed E-state index contributed by atoms with van der Waals surface area (Å²) in [5.41, 5.74) is 0.0571. The highest BCUT2D eigenvalue weighted by Gasteiger charge is 2.36. The van der Waals surface area contributed by atoms with Crippen LogP contribution in [0.3, 0.4) is 0 Å². The minimum absolute atomic E-state index is 0.0183. The number of nitrogens with zero attached hydrogens (tertiary/aromatic N) is 1. The second kappa shape index (κ2) is 8.64. The number of hydrogen-bond donors (Lipinski definition) is 1. The Morgan fingerprint density at radius 2 is 1.84 bits per heavy atom. The molecule has 4 rings (SSSR count). The van der Waals surface area contributed by atoms with Gasteiger partial charge in [-0.25, -0.2) is 9.18 Å². The third-order valence-corrected chi connectivity index (χ3v) is 4.88. The van der Waals surface area contributed by atoms with E-state index < -0.39 is 36.1 Å². The molecule has 32 heavy (non-hydrogen) atoms. The van der Waals surface area contributed by atoms with E-state index in [-0.39, 0.29) is 33.9 Å². The Balaban J connectivity index is 1.40. The van der Waals surface area contributed by atoms with Crippen molar-refractivity contribution in [3.05, 3.63) is 88.1 Å². The summed E-state index contributed by atoms with van der Waals surface area (Å²) in [7, 11) is 0. The average molecular weight is 457 g/mol. The van der Waals surface area contributed by atoms with Gasteiger partial charge in [0.1, 0.15) is 11.6 Å². The fourth-order valence-corrected chi connectivity index (χ4v) is 3.27. The van der Waals surface area contributed by atoms with Crippen molar-refractivity contribution < 1.29 is 32.7 Å². The maximum atomic E-state index is 13.7. The molecule has 0 aliphatic carbocycles. The Bertz CT molecular complexity index is 1240. The van der Waals surface area contributed by atoms with E-state index in [4.69, 9.17) is 20.8 Å². The molecule has 0 unspecified atom stereocenters. The lowest BCUT2D eigenvalue weighted by molar-refractivity contribution is -0.119. The number of fused-ring (bicyclic) bond motifs is 1. The van der Waals surface area contributed by atoms with E-state index in [1.807, 2.05) is 0 Å². The number of hydrogen-bond acceptors (Lipinski definition) is 6. The summed E-state index contributed by atoms with van der Waals surface area (Å²) in [6.07, 6.45) is 1.43. The standard InChI is InChI=1S/C22H14ClFN2O6/c23-13-4-6-18(17(24)9-13)25-19(27)11-32-22(30)12-3-5-15-16(8-12)21(29)26(20(15)28)10-14-2-1-7-31-14/h1-9H,10-11H2,(H,25,27). The number of imide groups is 1. The van der Waals surface area contributed by atoms with Crippen LogP contribution in [0.4, 0.5) is 10.1 Å². The summed E-state index contributed by atoms with van der Waals surface area (Å²) in [4.78, 5) is 50.4. The van der Waals surface area contributed by atoms with Gasteiger partial charge in [0, 0.05) is 5.02 Å². The van der Waals surface area contributed by atoms with E-state index in [1.165, 1.54) is 36.6 Å². The largest absolute Gasteiger partial charge is 0.467 e. The summed E-state index contributed by atoms with van der Waals surface area (Å²) in [5, 5.41) is 2.43. The highest BCUT2D eigenvalue weighted by Crippen LogP contribution is 2.26. The molecule has 0 atom stereocenters. The van der Waals surface area contributed by atoms with Gasteiger partial charge in [0.15, 0.2) is 6.61 Å². The first-order valence-electron chi connectivity index (χ1n) is 9.28. The van der Waals surface area contributed by atoms with E-state index in [1.54, 1.807) is 12.1 Å². The molecule has 0 saturated carbocycles. The summed E-state index contributed by atoms with van der Waals surface area (Å²) in [6.45, 7) is -0.726. The Labute approximate surface area is 185 Å². The third kappa shape index (κ3) is 4.23. The highest BCUT2D eigenvalue weighted by molar-refractivity contribution is 6.30. The van der Waals surface area contributed by atoms with Crippen molar-refractivity contribution in [1.29, 1.82) is 0 Å². The number of ether oxygens (including phenoxy) is 1. The molecule has 2 heterocycles. The zero-order chi connectivity index (χ0) is 22.8. The number of carbonyl (C=O) groups excluding carboxylic acids is 4. The van der Waals surface area contributed by atoms with Gasteiger partial charge >= 0.3 is 5.97 Å². The van der Waals surface area contributed by atoms with Gasteiger partial charge in [-0.3, -0.25) is 19.3 Å². The zero-order valence-electron chi connectivity index (χ0n) is 16.3. The van der Waals surface area contributed by atoms with Gasteiger partial charge in [0.25, 0.3) is 17.7 Å². The molecule has 1 aromatic heterocycles. The first-order valence-corrected chi connectivity index (χ1v) is 9.66. The summed E-state index contributed by atoms with van der Waals surface area (Å²) in [5.74, 6) is -3.04. The number of benzene rings is 2. The van der Waals surface area contributed by atoms with Crippen LogP contribution in [0.5, 0.6) is 0 Å². The molecule has 1 aliphatic heterocycles. The van der Waals surface area contributed by atoms with Crippen LogP contribution in [-0.2, 0) is 16.1 Å². The maximum Gasteiger partial charge on any atom is 0.338 e.